The first-order valence-corrected chi connectivity index (χ1v) is 11.7. The van der Waals surface area contributed by atoms with E-state index in [1.54, 1.807) is 19.3 Å². The first-order valence-electron chi connectivity index (χ1n) is 11.7. The lowest BCUT2D eigenvalue weighted by molar-refractivity contribution is 0.260. The third-order valence-electron chi connectivity index (χ3n) is 6.73. The van der Waals surface area contributed by atoms with Gasteiger partial charge in [-0.15, -0.1) is 0 Å². The van der Waals surface area contributed by atoms with E-state index in [4.69, 9.17) is 10.5 Å². The van der Waals surface area contributed by atoms with Crippen LogP contribution in [0.4, 0.5) is 13.2 Å². The van der Waals surface area contributed by atoms with Crippen LogP contribution in [0.3, 0.4) is 0 Å². The van der Waals surface area contributed by atoms with Gasteiger partial charge in [0.2, 0.25) is 0 Å². The lowest BCUT2D eigenvalue weighted by atomic mass is 9.79. The van der Waals surface area contributed by atoms with E-state index in [1.165, 1.54) is 12.3 Å². The summed E-state index contributed by atoms with van der Waals surface area (Å²) in [5.74, 6) is -0.266. The summed E-state index contributed by atoms with van der Waals surface area (Å²) in [6.45, 7) is 0.577. The maximum Gasteiger partial charge on any atom is 0.145 e. The smallest absolute Gasteiger partial charge is 0.145 e. The summed E-state index contributed by atoms with van der Waals surface area (Å²) >= 11 is 0. The van der Waals surface area contributed by atoms with Gasteiger partial charge in [-0.05, 0) is 74.4 Å². The monoisotopic (exact) mass is 469 g/mol. The molecule has 1 fully saturated rings. The van der Waals surface area contributed by atoms with E-state index < -0.39 is 11.6 Å². The summed E-state index contributed by atoms with van der Waals surface area (Å²) in [4.78, 5) is 4.19. The normalized spacial score (nSPS) is 19.6. The van der Waals surface area contributed by atoms with E-state index in [0.717, 1.165) is 48.7 Å². The number of halogens is 3. The van der Waals surface area contributed by atoms with Gasteiger partial charge < -0.3 is 15.8 Å². The van der Waals surface area contributed by atoms with Gasteiger partial charge in [0.25, 0.3) is 0 Å². The average molecular weight is 470 g/mol. The van der Waals surface area contributed by atoms with E-state index in [-0.39, 0.29) is 17.4 Å². The molecule has 3 aromatic rings. The van der Waals surface area contributed by atoms with E-state index >= 15 is 0 Å². The van der Waals surface area contributed by atoms with Gasteiger partial charge in [-0.1, -0.05) is 12.2 Å². The minimum Gasteiger partial charge on any atom is -0.497 e. The molecule has 1 saturated carbocycles. The number of hydrogen-bond acceptors (Lipinski definition) is 4. The third-order valence-corrected chi connectivity index (χ3v) is 6.73. The highest BCUT2D eigenvalue weighted by Gasteiger charge is 2.26. The Morgan fingerprint density at radius 3 is 2.65 bits per heavy atom. The molecule has 0 amide bonds. The summed E-state index contributed by atoms with van der Waals surface area (Å²) in [5, 5.41) is 4.20. The van der Waals surface area contributed by atoms with Crippen LogP contribution in [0.5, 0.6) is 5.75 Å². The third kappa shape index (κ3) is 5.77. The second-order valence-corrected chi connectivity index (χ2v) is 8.92. The quantitative estimate of drug-likeness (QED) is 0.464. The number of nitrogens with two attached hydrogens (primary N) is 1. The Kier molecular flexibility index (Phi) is 7.85. The van der Waals surface area contributed by atoms with E-state index in [2.05, 4.69) is 10.3 Å². The van der Waals surface area contributed by atoms with Crippen molar-refractivity contribution in [2.24, 2.45) is 11.7 Å². The van der Waals surface area contributed by atoms with Crippen molar-refractivity contribution in [3.63, 3.8) is 0 Å². The Morgan fingerprint density at radius 1 is 1.09 bits per heavy atom. The molecule has 1 aromatic heterocycles. The SMILES string of the molecule is COc1ccc2ncc(F)c(C[C@@H](N)[C@H]3CC[C@H](NC/C=C/c4cc(F)ccc4F)CC3)c2c1. The Morgan fingerprint density at radius 2 is 1.88 bits per heavy atom. The molecule has 4 rings (SSSR count). The van der Waals surface area contributed by atoms with Crippen molar-refractivity contribution in [1.29, 1.82) is 0 Å². The largest absolute Gasteiger partial charge is 0.497 e. The summed E-state index contributed by atoms with van der Waals surface area (Å²) in [7, 11) is 1.58. The van der Waals surface area contributed by atoms with Crippen molar-refractivity contribution >= 4 is 17.0 Å². The van der Waals surface area contributed by atoms with Crippen molar-refractivity contribution in [2.45, 2.75) is 44.2 Å². The highest BCUT2D eigenvalue weighted by Crippen LogP contribution is 2.30. The van der Waals surface area contributed by atoms with Gasteiger partial charge in [0.15, 0.2) is 0 Å². The number of aromatic nitrogens is 1. The standard InChI is InChI=1S/C27H30F3N3O/c1-34-21-9-11-27-23(14-21)22(25(30)16-33-27)15-26(31)17-4-7-20(8-5-17)32-12-2-3-18-13-19(28)6-10-24(18)29/h2-3,6,9-11,13-14,16-17,20,26,32H,4-5,7-8,12,15,31H2,1H3/b3-2+/t17-,20-,26-/m1/s1. The predicted octanol–water partition coefficient (Wildman–Crippen LogP) is 5.39. The Bertz CT molecular complexity index is 1160. The van der Waals surface area contributed by atoms with E-state index in [9.17, 15) is 13.2 Å². The van der Waals surface area contributed by atoms with Gasteiger partial charge in [-0.25, -0.2) is 13.2 Å². The number of fused-ring (bicyclic) bond motifs is 1. The molecule has 1 aliphatic rings. The minimum atomic E-state index is -0.456. The first kappa shape index (κ1) is 24.2. The molecule has 7 heteroatoms. The zero-order valence-corrected chi connectivity index (χ0v) is 19.2. The Labute approximate surface area is 198 Å². The number of pyridine rings is 1. The minimum absolute atomic E-state index is 0.150. The summed E-state index contributed by atoms with van der Waals surface area (Å²) in [5.41, 5.74) is 8.11. The molecule has 1 atom stereocenters. The number of ether oxygens (including phenoxy) is 1. The molecule has 1 aliphatic carbocycles. The van der Waals surface area contributed by atoms with Gasteiger partial charge in [0.1, 0.15) is 23.2 Å². The fraction of sp³-hybridized carbons (Fsp3) is 0.370. The van der Waals surface area contributed by atoms with Crippen LogP contribution < -0.4 is 15.8 Å². The molecule has 0 spiro atoms. The fourth-order valence-corrected chi connectivity index (χ4v) is 4.75. The highest BCUT2D eigenvalue weighted by atomic mass is 19.1. The predicted molar refractivity (Wildman–Crippen MR) is 129 cm³/mol. The molecule has 3 N–H and O–H groups in total. The lowest BCUT2D eigenvalue weighted by Gasteiger charge is -2.32. The van der Waals surface area contributed by atoms with Crippen LogP contribution >= 0.6 is 0 Å². The van der Waals surface area contributed by atoms with Gasteiger partial charge in [0.05, 0.1) is 18.8 Å². The molecule has 0 unspecified atom stereocenters. The van der Waals surface area contributed by atoms with Crippen LogP contribution in [-0.2, 0) is 6.42 Å². The van der Waals surface area contributed by atoms with Crippen molar-refractivity contribution < 1.29 is 17.9 Å². The van der Waals surface area contributed by atoms with E-state index in [0.29, 0.717) is 36.2 Å². The molecule has 0 bridgehead atoms. The number of methoxy groups -OCH3 is 1. The highest BCUT2D eigenvalue weighted by molar-refractivity contribution is 5.83. The molecule has 0 aliphatic heterocycles. The van der Waals surface area contributed by atoms with Gasteiger partial charge >= 0.3 is 0 Å². The number of rotatable bonds is 8. The van der Waals surface area contributed by atoms with Crippen LogP contribution in [-0.4, -0.2) is 30.7 Å². The lowest BCUT2D eigenvalue weighted by Crippen LogP contribution is -2.40. The Hall–Kier alpha value is -2.90. The molecule has 4 nitrogen and oxygen atoms in total. The summed E-state index contributed by atoms with van der Waals surface area (Å²) in [6.07, 6.45) is 8.95. The number of benzene rings is 2. The van der Waals surface area contributed by atoms with Crippen molar-refractivity contribution in [3.8, 4) is 5.75 Å². The summed E-state index contributed by atoms with van der Waals surface area (Å²) < 4.78 is 46.9. The second-order valence-electron chi connectivity index (χ2n) is 8.92. The maximum absolute atomic E-state index is 14.7. The summed E-state index contributed by atoms with van der Waals surface area (Å²) in [6, 6.07) is 9.07. The molecule has 180 valence electrons. The van der Waals surface area contributed by atoms with Crippen molar-refractivity contribution in [1.82, 2.24) is 10.3 Å². The maximum atomic E-state index is 14.7. The zero-order chi connectivity index (χ0) is 24.1. The van der Waals surface area contributed by atoms with Gasteiger partial charge in [-0.2, -0.15) is 0 Å². The molecular formula is C27H30F3N3O. The van der Waals surface area contributed by atoms with Crippen molar-refractivity contribution in [3.05, 3.63) is 77.2 Å². The number of hydrogen-bond donors (Lipinski definition) is 2. The first-order chi connectivity index (χ1) is 16.4. The van der Waals surface area contributed by atoms with E-state index in [1.807, 2.05) is 18.2 Å². The van der Waals surface area contributed by atoms with Crippen LogP contribution in [0.2, 0.25) is 0 Å². The van der Waals surface area contributed by atoms with Crippen LogP contribution in [0, 0.1) is 23.4 Å². The number of nitrogens with zero attached hydrogens (tertiary/aromatic N) is 1. The molecule has 1 heterocycles. The van der Waals surface area contributed by atoms with Gasteiger partial charge in [-0.3, -0.25) is 4.98 Å². The Balaban J connectivity index is 1.30. The molecular weight excluding hydrogens is 439 g/mol. The van der Waals surface area contributed by atoms with Crippen LogP contribution in [0.25, 0.3) is 17.0 Å². The number of nitrogens with one attached hydrogen (secondary N) is 1. The van der Waals surface area contributed by atoms with Crippen LogP contribution in [0.15, 0.2) is 48.7 Å². The second kappa shape index (κ2) is 11.0. The zero-order valence-electron chi connectivity index (χ0n) is 19.2. The molecule has 2 aromatic carbocycles. The van der Waals surface area contributed by atoms with Gasteiger partial charge in [0, 0.05) is 35.1 Å². The van der Waals surface area contributed by atoms with Crippen molar-refractivity contribution in [2.75, 3.05) is 13.7 Å². The fourth-order valence-electron chi connectivity index (χ4n) is 4.75. The molecule has 34 heavy (non-hydrogen) atoms. The topological polar surface area (TPSA) is 60.2 Å². The average Bonchev–Trinajstić information content (AvgIpc) is 2.85. The molecule has 0 saturated heterocycles. The molecule has 0 radical (unpaired) electrons. The van der Waals surface area contributed by atoms with Crippen LogP contribution in [0.1, 0.15) is 36.8 Å².